The third-order valence-corrected chi connectivity index (χ3v) is 4.82. The summed E-state index contributed by atoms with van der Waals surface area (Å²) < 4.78 is 0. The van der Waals surface area contributed by atoms with E-state index in [9.17, 15) is 4.79 Å². The Morgan fingerprint density at radius 2 is 2.38 bits per heavy atom. The number of hydrogen-bond donors (Lipinski definition) is 0. The molecule has 13 heavy (non-hydrogen) atoms. The van der Waals surface area contributed by atoms with Crippen molar-refractivity contribution in [3.8, 4) is 0 Å². The van der Waals surface area contributed by atoms with E-state index in [-0.39, 0.29) is 0 Å². The molecule has 0 unspecified atom stereocenters. The predicted octanol–water partition coefficient (Wildman–Crippen LogP) is 2.61. The highest BCUT2D eigenvalue weighted by atomic mass is 16.1. The summed E-state index contributed by atoms with van der Waals surface area (Å²) in [4.78, 5) is 11.9. The summed E-state index contributed by atoms with van der Waals surface area (Å²) >= 11 is 0. The lowest BCUT2D eigenvalue weighted by Crippen LogP contribution is -2.26. The van der Waals surface area contributed by atoms with Crippen LogP contribution in [0.1, 0.15) is 39.0 Å². The second-order valence-corrected chi connectivity index (χ2v) is 5.27. The first-order valence-corrected chi connectivity index (χ1v) is 5.60. The quantitative estimate of drug-likeness (QED) is 0.520. The Balaban J connectivity index is 2.03. The Hall–Kier alpha value is -0.460. The minimum absolute atomic E-state index is 0.417. The fraction of sp³-hybridized carbons (Fsp3) is 0.833. The largest absolute Gasteiger partial charge is 0.299 e. The van der Waals surface area contributed by atoms with Gasteiger partial charge >= 0.3 is 0 Å². The van der Waals surface area contributed by atoms with Crippen molar-refractivity contribution in [3.05, 3.63) is 6.42 Å². The molecule has 0 aromatic rings. The Kier molecular flexibility index (Phi) is 1.41. The molecular weight excluding hydrogens is 160 g/mol. The van der Waals surface area contributed by atoms with Crippen molar-refractivity contribution in [1.29, 1.82) is 0 Å². The molecule has 3 aliphatic rings. The summed E-state index contributed by atoms with van der Waals surface area (Å²) in [5.41, 5.74) is 0.455. The minimum atomic E-state index is 0.417. The maximum Gasteiger partial charge on any atom is 0.141 e. The van der Waals surface area contributed by atoms with E-state index < -0.39 is 0 Å². The highest BCUT2D eigenvalue weighted by molar-refractivity contribution is 5.86. The Bertz CT molecular complexity index is 258. The first-order chi connectivity index (χ1) is 6.24. The molecule has 4 atom stereocenters. The second kappa shape index (κ2) is 2.31. The topological polar surface area (TPSA) is 17.1 Å². The van der Waals surface area contributed by atoms with Gasteiger partial charge in [0, 0.05) is 11.8 Å². The van der Waals surface area contributed by atoms with Gasteiger partial charge in [0.25, 0.3) is 0 Å². The van der Waals surface area contributed by atoms with Crippen LogP contribution in [0.4, 0.5) is 0 Å². The van der Waals surface area contributed by atoms with Gasteiger partial charge in [-0.25, -0.2) is 0 Å². The molecule has 0 N–H and O–H groups in total. The van der Waals surface area contributed by atoms with Crippen molar-refractivity contribution in [2.45, 2.75) is 39.0 Å². The van der Waals surface area contributed by atoms with Crippen molar-refractivity contribution in [1.82, 2.24) is 0 Å². The lowest BCUT2D eigenvalue weighted by Gasteiger charge is -2.24. The molecule has 1 nitrogen and oxygen atoms in total. The highest BCUT2D eigenvalue weighted by Gasteiger charge is 2.65. The third kappa shape index (κ3) is 0.787. The molecular formula is C12H17O+. The molecule has 70 valence electrons. The highest BCUT2D eigenvalue weighted by Crippen LogP contribution is 2.64. The number of hydrogen-bond acceptors (Lipinski definition) is 1. The fourth-order valence-corrected chi connectivity index (χ4v) is 4.33. The third-order valence-electron chi connectivity index (χ3n) is 4.82. The Morgan fingerprint density at radius 1 is 1.54 bits per heavy atom. The van der Waals surface area contributed by atoms with Gasteiger partial charge < -0.3 is 0 Å². The summed E-state index contributed by atoms with van der Waals surface area (Å²) in [5.74, 6) is 2.31. The monoisotopic (exact) mass is 177 g/mol. The van der Waals surface area contributed by atoms with Crippen LogP contribution in [-0.4, -0.2) is 5.78 Å². The van der Waals surface area contributed by atoms with E-state index in [0.717, 1.165) is 12.3 Å². The summed E-state index contributed by atoms with van der Waals surface area (Å²) in [7, 11) is 0. The summed E-state index contributed by atoms with van der Waals surface area (Å²) in [6.45, 7) is 2.23. The van der Waals surface area contributed by atoms with Crippen molar-refractivity contribution >= 4 is 5.78 Å². The summed E-state index contributed by atoms with van der Waals surface area (Å²) in [6, 6.07) is 0. The van der Waals surface area contributed by atoms with Crippen LogP contribution in [0.2, 0.25) is 0 Å². The van der Waals surface area contributed by atoms with Gasteiger partial charge in [0.2, 0.25) is 0 Å². The number of ketones is 1. The molecule has 3 fully saturated rings. The van der Waals surface area contributed by atoms with Crippen LogP contribution >= 0.6 is 0 Å². The van der Waals surface area contributed by atoms with Gasteiger partial charge in [-0.15, -0.1) is 0 Å². The molecule has 1 heteroatoms. The zero-order valence-electron chi connectivity index (χ0n) is 8.25. The standard InChI is InChI=1S/C12H17O/c1-8-4-6-12-5-2-3-9(12)7-10(13)11(8)12/h4,8-9,11H,2-3,5-7H2,1H3/q+1/t8-,9+,11+,12-/m0/s1. The van der Waals surface area contributed by atoms with Crippen LogP contribution in [-0.2, 0) is 4.79 Å². The van der Waals surface area contributed by atoms with E-state index >= 15 is 0 Å². The van der Waals surface area contributed by atoms with Crippen LogP contribution in [0.25, 0.3) is 0 Å². The maximum absolute atomic E-state index is 11.9. The molecule has 3 rings (SSSR count). The number of carbonyl (C=O) groups is 1. The molecule has 1 spiro atoms. The smallest absolute Gasteiger partial charge is 0.141 e. The maximum atomic E-state index is 11.9. The van der Waals surface area contributed by atoms with Gasteiger partial charge in [-0.05, 0) is 25.7 Å². The van der Waals surface area contributed by atoms with Crippen molar-refractivity contribution < 1.29 is 4.79 Å². The minimum Gasteiger partial charge on any atom is -0.299 e. The van der Waals surface area contributed by atoms with Crippen molar-refractivity contribution in [2.24, 2.45) is 23.2 Å². The number of Topliss-reactive ketones (excluding diaryl/α,β-unsaturated/α-hetero) is 1. The molecule has 0 bridgehead atoms. The van der Waals surface area contributed by atoms with Gasteiger partial charge in [-0.1, -0.05) is 6.42 Å². The number of carbonyl (C=O) groups excluding carboxylic acids is 1. The van der Waals surface area contributed by atoms with Crippen LogP contribution in [0, 0.1) is 29.6 Å². The molecule has 0 aromatic heterocycles. The molecule has 0 amide bonds. The lowest BCUT2D eigenvalue weighted by molar-refractivity contribution is -0.122. The van der Waals surface area contributed by atoms with E-state index in [4.69, 9.17) is 0 Å². The van der Waals surface area contributed by atoms with Gasteiger partial charge in [-0.2, -0.15) is 0 Å². The van der Waals surface area contributed by atoms with Gasteiger partial charge in [0.05, 0.1) is 18.8 Å². The van der Waals surface area contributed by atoms with Crippen LogP contribution in [0.5, 0.6) is 0 Å². The van der Waals surface area contributed by atoms with Gasteiger partial charge in [-0.3, -0.25) is 4.79 Å². The first kappa shape index (κ1) is 7.90. The SMILES string of the molecule is C[C@H]1[CH+]C[C@@]23CCC[C@@H]2CC(=O)[C@@H]13. The zero-order valence-corrected chi connectivity index (χ0v) is 8.25. The molecule has 0 heterocycles. The summed E-state index contributed by atoms with van der Waals surface area (Å²) in [5, 5.41) is 0. The van der Waals surface area contributed by atoms with Crippen LogP contribution in [0.3, 0.4) is 0 Å². The van der Waals surface area contributed by atoms with Gasteiger partial charge in [0.1, 0.15) is 11.7 Å². The molecule has 0 aromatic carbocycles. The first-order valence-electron chi connectivity index (χ1n) is 5.60. The molecule has 3 saturated carbocycles. The second-order valence-electron chi connectivity index (χ2n) is 5.27. The lowest BCUT2D eigenvalue weighted by atomic mass is 9.74. The van der Waals surface area contributed by atoms with Crippen LogP contribution < -0.4 is 0 Å². The fourth-order valence-electron chi connectivity index (χ4n) is 4.33. The van der Waals surface area contributed by atoms with Crippen molar-refractivity contribution in [3.63, 3.8) is 0 Å². The average molecular weight is 177 g/mol. The molecule has 0 aliphatic heterocycles. The average Bonchev–Trinajstić information content (AvgIpc) is 2.65. The predicted molar refractivity (Wildman–Crippen MR) is 51.0 cm³/mol. The normalized spacial score (nSPS) is 53.3. The van der Waals surface area contributed by atoms with E-state index in [1.54, 1.807) is 0 Å². The molecule has 0 saturated heterocycles. The van der Waals surface area contributed by atoms with E-state index in [0.29, 0.717) is 23.0 Å². The van der Waals surface area contributed by atoms with E-state index in [2.05, 4.69) is 13.3 Å². The summed E-state index contributed by atoms with van der Waals surface area (Å²) in [6.07, 6.45) is 8.56. The van der Waals surface area contributed by atoms with Gasteiger partial charge in [0.15, 0.2) is 0 Å². The Labute approximate surface area is 79.9 Å². The van der Waals surface area contributed by atoms with Crippen LogP contribution in [0.15, 0.2) is 0 Å². The number of rotatable bonds is 0. The Morgan fingerprint density at radius 3 is 3.23 bits per heavy atom. The zero-order chi connectivity index (χ0) is 9.05. The molecule has 0 radical (unpaired) electrons. The van der Waals surface area contributed by atoms with Crippen molar-refractivity contribution in [2.75, 3.05) is 0 Å². The van der Waals surface area contributed by atoms with E-state index in [1.165, 1.54) is 25.7 Å². The van der Waals surface area contributed by atoms with E-state index in [1.807, 2.05) is 0 Å². The molecule has 3 aliphatic carbocycles.